The van der Waals surface area contributed by atoms with Crippen LogP contribution in [-0.2, 0) is 4.79 Å². The third kappa shape index (κ3) is 4.64. The van der Waals surface area contributed by atoms with E-state index in [0.29, 0.717) is 12.3 Å². The molecule has 3 heteroatoms. The molecule has 1 saturated carbocycles. The van der Waals surface area contributed by atoms with Crippen molar-refractivity contribution in [2.24, 2.45) is 5.92 Å². The largest absolute Gasteiger partial charge is 0.356 e. The smallest absolute Gasteiger partial charge is 0.220 e. The number of allylic oxidation sites excluding steroid dienone is 1. The van der Waals surface area contributed by atoms with E-state index < -0.39 is 0 Å². The highest BCUT2D eigenvalue weighted by molar-refractivity contribution is 5.75. The Labute approximate surface area is 117 Å². The lowest BCUT2D eigenvalue weighted by Crippen LogP contribution is -2.36. The molecule has 0 aromatic rings. The molecule has 3 nitrogen and oxygen atoms in total. The van der Waals surface area contributed by atoms with Gasteiger partial charge in [-0.25, -0.2) is 0 Å². The molecule has 0 aromatic heterocycles. The molecule has 1 amide bonds. The van der Waals surface area contributed by atoms with Crippen LogP contribution in [0.25, 0.3) is 0 Å². The number of nitrogens with one attached hydrogen (secondary N) is 1. The highest BCUT2D eigenvalue weighted by Gasteiger charge is 2.28. The summed E-state index contributed by atoms with van der Waals surface area (Å²) in [5.74, 6) is 0.839. The van der Waals surface area contributed by atoms with Crippen molar-refractivity contribution in [3.8, 4) is 0 Å². The SMILES string of the molecule is C=CCCC(=O)NC[C@H]1CCN(C2CCCCC2)C1. The molecule has 1 heterocycles. The topological polar surface area (TPSA) is 32.3 Å². The van der Waals surface area contributed by atoms with Gasteiger partial charge >= 0.3 is 0 Å². The fraction of sp³-hybridized carbons (Fsp3) is 0.812. The molecular weight excluding hydrogens is 236 g/mol. The molecule has 2 aliphatic rings. The Hall–Kier alpha value is -0.830. The zero-order chi connectivity index (χ0) is 13.5. The van der Waals surface area contributed by atoms with Gasteiger partial charge in [-0.2, -0.15) is 0 Å². The summed E-state index contributed by atoms with van der Waals surface area (Å²) in [7, 11) is 0. The molecule has 2 rings (SSSR count). The minimum atomic E-state index is 0.177. The van der Waals surface area contributed by atoms with Crippen molar-refractivity contribution in [2.45, 2.75) is 57.4 Å². The van der Waals surface area contributed by atoms with Crippen LogP contribution in [0.5, 0.6) is 0 Å². The summed E-state index contributed by atoms with van der Waals surface area (Å²) in [4.78, 5) is 14.2. The quantitative estimate of drug-likeness (QED) is 0.748. The number of nitrogens with zero attached hydrogens (tertiary/aromatic N) is 1. The van der Waals surface area contributed by atoms with Gasteiger partial charge in [0.05, 0.1) is 0 Å². The maximum atomic E-state index is 11.6. The Balaban J connectivity index is 1.64. The summed E-state index contributed by atoms with van der Waals surface area (Å²) in [6.07, 6.45) is 11.4. The van der Waals surface area contributed by atoms with Crippen LogP contribution < -0.4 is 5.32 Å². The molecule has 0 bridgehead atoms. The summed E-state index contributed by atoms with van der Waals surface area (Å²) in [6, 6.07) is 0.829. The fourth-order valence-electron chi connectivity index (χ4n) is 3.39. The van der Waals surface area contributed by atoms with Crippen LogP contribution in [0.1, 0.15) is 51.4 Å². The van der Waals surface area contributed by atoms with Crippen molar-refractivity contribution in [3.05, 3.63) is 12.7 Å². The van der Waals surface area contributed by atoms with Gasteiger partial charge in [0.1, 0.15) is 0 Å². The molecule has 1 atom stereocenters. The normalized spacial score (nSPS) is 25.4. The number of likely N-dealkylation sites (tertiary alicyclic amines) is 1. The lowest BCUT2D eigenvalue weighted by Gasteiger charge is -2.31. The molecule has 0 unspecified atom stereocenters. The Morgan fingerprint density at radius 1 is 1.26 bits per heavy atom. The third-order valence-electron chi connectivity index (χ3n) is 4.57. The number of rotatable bonds is 6. The number of carbonyl (C=O) groups is 1. The Kier molecular flexibility index (Phi) is 5.90. The third-order valence-corrected chi connectivity index (χ3v) is 4.57. The molecule has 0 aromatic carbocycles. The van der Waals surface area contributed by atoms with Gasteiger partial charge < -0.3 is 10.2 Å². The fourth-order valence-corrected chi connectivity index (χ4v) is 3.39. The maximum Gasteiger partial charge on any atom is 0.220 e. The van der Waals surface area contributed by atoms with E-state index in [2.05, 4.69) is 16.8 Å². The first kappa shape index (κ1) is 14.6. The van der Waals surface area contributed by atoms with Crippen molar-refractivity contribution < 1.29 is 4.79 Å². The van der Waals surface area contributed by atoms with Gasteiger partial charge in [-0.3, -0.25) is 4.79 Å². The van der Waals surface area contributed by atoms with E-state index in [4.69, 9.17) is 0 Å². The van der Waals surface area contributed by atoms with E-state index in [1.807, 2.05) is 0 Å². The Bertz CT molecular complexity index is 297. The van der Waals surface area contributed by atoms with Gasteiger partial charge in [-0.1, -0.05) is 25.3 Å². The monoisotopic (exact) mass is 264 g/mol. The van der Waals surface area contributed by atoms with Gasteiger partial charge in [-0.05, 0) is 38.1 Å². The Morgan fingerprint density at radius 2 is 2.05 bits per heavy atom. The van der Waals surface area contributed by atoms with Gasteiger partial charge in [0.25, 0.3) is 0 Å². The first-order valence-corrected chi connectivity index (χ1v) is 7.91. The highest BCUT2D eigenvalue weighted by Crippen LogP contribution is 2.27. The molecule has 19 heavy (non-hydrogen) atoms. The average molecular weight is 264 g/mol. The zero-order valence-electron chi connectivity index (χ0n) is 12.1. The second-order valence-electron chi connectivity index (χ2n) is 6.07. The second kappa shape index (κ2) is 7.68. The van der Waals surface area contributed by atoms with Crippen molar-refractivity contribution in [2.75, 3.05) is 19.6 Å². The molecule has 1 aliphatic heterocycles. The van der Waals surface area contributed by atoms with E-state index in [1.54, 1.807) is 6.08 Å². The van der Waals surface area contributed by atoms with Crippen molar-refractivity contribution in [3.63, 3.8) is 0 Å². The van der Waals surface area contributed by atoms with Crippen LogP contribution in [0.4, 0.5) is 0 Å². The van der Waals surface area contributed by atoms with Crippen LogP contribution in [0.15, 0.2) is 12.7 Å². The van der Waals surface area contributed by atoms with Crippen LogP contribution in [-0.4, -0.2) is 36.5 Å². The van der Waals surface area contributed by atoms with Gasteiger partial charge in [-0.15, -0.1) is 6.58 Å². The van der Waals surface area contributed by atoms with E-state index in [0.717, 1.165) is 19.0 Å². The van der Waals surface area contributed by atoms with Gasteiger partial charge in [0.2, 0.25) is 5.91 Å². The average Bonchev–Trinajstić information content (AvgIpc) is 2.93. The lowest BCUT2D eigenvalue weighted by molar-refractivity contribution is -0.121. The molecule has 1 aliphatic carbocycles. The molecule has 0 spiro atoms. The predicted octanol–water partition coefficient (Wildman–Crippen LogP) is 2.72. The number of hydrogen-bond acceptors (Lipinski definition) is 2. The standard InChI is InChI=1S/C16H28N2O/c1-2-3-9-16(19)17-12-14-10-11-18(13-14)15-7-5-4-6-8-15/h2,14-15H,1,3-13H2,(H,17,19)/t14-/m1/s1. The first-order valence-electron chi connectivity index (χ1n) is 7.91. The van der Waals surface area contributed by atoms with Crippen molar-refractivity contribution in [1.82, 2.24) is 10.2 Å². The van der Waals surface area contributed by atoms with Crippen LogP contribution in [0.2, 0.25) is 0 Å². The lowest BCUT2D eigenvalue weighted by atomic mass is 9.94. The summed E-state index contributed by atoms with van der Waals surface area (Å²) < 4.78 is 0. The second-order valence-corrected chi connectivity index (χ2v) is 6.07. The zero-order valence-corrected chi connectivity index (χ0v) is 12.1. The van der Waals surface area contributed by atoms with Crippen LogP contribution >= 0.6 is 0 Å². The van der Waals surface area contributed by atoms with Crippen molar-refractivity contribution in [1.29, 1.82) is 0 Å². The molecular formula is C16H28N2O. The summed E-state index contributed by atoms with van der Waals surface area (Å²) >= 11 is 0. The van der Waals surface area contributed by atoms with E-state index in [-0.39, 0.29) is 5.91 Å². The molecule has 1 saturated heterocycles. The molecule has 1 N–H and O–H groups in total. The number of carbonyl (C=O) groups excluding carboxylic acids is 1. The molecule has 108 valence electrons. The summed E-state index contributed by atoms with van der Waals surface area (Å²) in [6.45, 7) is 6.93. The van der Waals surface area contributed by atoms with Crippen molar-refractivity contribution >= 4 is 5.91 Å². The van der Waals surface area contributed by atoms with E-state index in [1.165, 1.54) is 51.6 Å². The molecule has 2 fully saturated rings. The number of amides is 1. The Morgan fingerprint density at radius 3 is 2.79 bits per heavy atom. The highest BCUT2D eigenvalue weighted by atomic mass is 16.1. The van der Waals surface area contributed by atoms with Gasteiger partial charge in [0.15, 0.2) is 0 Å². The first-order chi connectivity index (χ1) is 9.29. The predicted molar refractivity (Wildman–Crippen MR) is 79.0 cm³/mol. The summed E-state index contributed by atoms with van der Waals surface area (Å²) in [5, 5.41) is 3.07. The van der Waals surface area contributed by atoms with E-state index >= 15 is 0 Å². The minimum absolute atomic E-state index is 0.177. The van der Waals surface area contributed by atoms with Crippen LogP contribution in [0, 0.1) is 5.92 Å². The maximum absolute atomic E-state index is 11.6. The number of hydrogen-bond donors (Lipinski definition) is 1. The van der Waals surface area contributed by atoms with Gasteiger partial charge in [0, 0.05) is 25.6 Å². The van der Waals surface area contributed by atoms with Crippen LogP contribution in [0.3, 0.4) is 0 Å². The molecule has 0 radical (unpaired) electrons. The minimum Gasteiger partial charge on any atom is -0.356 e. The van der Waals surface area contributed by atoms with E-state index in [9.17, 15) is 4.79 Å². The summed E-state index contributed by atoms with van der Waals surface area (Å²) in [5.41, 5.74) is 0.